The highest BCUT2D eigenvalue weighted by molar-refractivity contribution is 4.70. The molecule has 0 fully saturated rings. The molecule has 0 saturated carbocycles. The van der Waals surface area contributed by atoms with Gasteiger partial charge in [-0.15, -0.1) is 6.58 Å². The van der Waals surface area contributed by atoms with Crippen molar-refractivity contribution in [2.75, 3.05) is 7.05 Å². The van der Waals surface area contributed by atoms with Crippen molar-refractivity contribution in [1.29, 1.82) is 0 Å². The molecular weight excluding hydrogens is 122 g/mol. The monoisotopic (exact) mass is 140 g/mol. The molecule has 0 saturated heterocycles. The van der Waals surface area contributed by atoms with Crippen LogP contribution >= 0.6 is 0 Å². The van der Waals surface area contributed by atoms with Crippen LogP contribution in [-0.2, 0) is 0 Å². The average Bonchev–Trinajstić information content (AvgIpc) is 1.99. The predicted octanol–water partition coefficient (Wildman–Crippen LogP) is 2.15. The van der Waals surface area contributed by atoms with Crippen molar-refractivity contribution in [2.45, 2.75) is 31.7 Å². The Morgan fingerprint density at radius 2 is 2.30 bits per heavy atom. The van der Waals surface area contributed by atoms with Gasteiger partial charge >= 0.3 is 0 Å². The Morgan fingerprint density at radius 1 is 1.60 bits per heavy atom. The zero-order valence-electron chi connectivity index (χ0n) is 6.90. The highest BCUT2D eigenvalue weighted by Crippen LogP contribution is 2.03. The fourth-order valence-electron chi connectivity index (χ4n) is 0.942. The molecule has 0 heterocycles. The van der Waals surface area contributed by atoms with Crippen LogP contribution in [-0.4, -0.2) is 13.1 Å². The Bertz CT molecular complexity index is 74.8. The first-order chi connectivity index (χ1) is 4.85. The molecule has 1 atom stereocenters. The van der Waals surface area contributed by atoms with Crippen molar-refractivity contribution in [3.63, 3.8) is 0 Å². The fourth-order valence-corrected chi connectivity index (χ4v) is 0.942. The minimum Gasteiger partial charge on any atom is -0.317 e. The van der Waals surface area contributed by atoms with Gasteiger partial charge in [0, 0.05) is 6.04 Å². The molecule has 0 aromatic carbocycles. The maximum atomic E-state index is 3.85. The van der Waals surface area contributed by atoms with E-state index < -0.39 is 0 Å². The summed E-state index contributed by atoms with van der Waals surface area (Å²) in [5.41, 5.74) is 0. The summed E-state index contributed by atoms with van der Waals surface area (Å²) < 4.78 is 0. The molecule has 1 radical (unpaired) electrons. The van der Waals surface area contributed by atoms with Crippen LogP contribution in [0, 0.1) is 6.92 Å². The predicted molar refractivity (Wildman–Crippen MR) is 46.9 cm³/mol. The van der Waals surface area contributed by atoms with E-state index >= 15 is 0 Å². The molecule has 1 nitrogen and oxygen atoms in total. The minimum absolute atomic E-state index is 0.597. The lowest BCUT2D eigenvalue weighted by atomic mass is 10.1. The molecule has 0 bridgehead atoms. The average molecular weight is 140 g/mol. The lowest BCUT2D eigenvalue weighted by Gasteiger charge is -2.11. The first kappa shape index (κ1) is 9.70. The van der Waals surface area contributed by atoms with Gasteiger partial charge in [-0.3, -0.25) is 0 Å². The summed E-state index contributed by atoms with van der Waals surface area (Å²) in [7, 11) is 1.99. The number of allylic oxidation sites excluding steroid dienone is 1. The molecule has 0 rings (SSSR count). The van der Waals surface area contributed by atoms with Crippen LogP contribution in [0.4, 0.5) is 0 Å². The van der Waals surface area contributed by atoms with E-state index in [1.54, 1.807) is 0 Å². The minimum atomic E-state index is 0.597. The maximum Gasteiger partial charge on any atom is 0.00641 e. The van der Waals surface area contributed by atoms with E-state index in [-0.39, 0.29) is 0 Å². The standard InChI is InChI=1S/C9H18N/c1-4-6-7-8-9(5-2)10-3/h4,9-10H,1-2,5-8H2,3H3. The Morgan fingerprint density at radius 3 is 2.70 bits per heavy atom. The van der Waals surface area contributed by atoms with E-state index in [9.17, 15) is 0 Å². The van der Waals surface area contributed by atoms with Gasteiger partial charge in [-0.2, -0.15) is 0 Å². The molecule has 0 aliphatic carbocycles. The summed E-state index contributed by atoms with van der Waals surface area (Å²) in [5, 5.41) is 3.21. The largest absolute Gasteiger partial charge is 0.317 e. The van der Waals surface area contributed by atoms with E-state index in [4.69, 9.17) is 0 Å². The zero-order valence-corrected chi connectivity index (χ0v) is 6.90. The van der Waals surface area contributed by atoms with Gasteiger partial charge in [0.05, 0.1) is 0 Å². The van der Waals surface area contributed by atoms with E-state index in [1.807, 2.05) is 13.1 Å². The highest BCUT2D eigenvalue weighted by Gasteiger charge is 1.99. The topological polar surface area (TPSA) is 12.0 Å². The van der Waals surface area contributed by atoms with Gasteiger partial charge in [0.2, 0.25) is 0 Å². The van der Waals surface area contributed by atoms with Gasteiger partial charge < -0.3 is 5.32 Å². The van der Waals surface area contributed by atoms with Crippen molar-refractivity contribution in [2.24, 2.45) is 0 Å². The molecule has 0 spiro atoms. The lowest BCUT2D eigenvalue weighted by Crippen LogP contribution is -2.23. The first-order valence-corrected chi connectivity index (χ1v) is 3.92. The third-order valence-corrected chi connectivity index (χ3v) is 1.72. The van der Waals surface area contributed by atoms with Gasteiger partial charge in [0.1, 0.15) is 0 Å². The van der Waals surface area contributed by atoms with Crippen LogP contribution < -0.4 is 5.32 Å². The quantitative estimate of drug-likeness (QED) is 0.440. The second-order valence-corrected chi connectivity index (χ2v) is 2.49. The number of hydrogen-bond donors (Lipinski definition) is 1. The molecule has 10 heavy (non-hydrogen) atoms. The van der Waals surface area contributed by atoms with E-state index in [0.29, 0.717) is 6.04 Å². The van der Waals surface area contributed by atoms with Crippen LogP contribution in [0.3, 0.4) is 0 Å². The Kier molecular flexibility index (Phi) is 6.61. The number of rotatable bonds is 6. The fraction of sp³-hybridized carbons (Fsp3) is 0.667. The van der Waals surface area contributed by atoms with Crippen LogP contribution in [0.1, 0.15) is 25.7 Å². The zero-order chi connectivity index (χ0) is 7.82. The van der Waals surface area contributed by atoms with Crippen molar-refractivity contribution in [3.05, 3.63) is 19.6 Å². The molecule has 0 aromatic heterocycles. The van der Waals surface area contributed by atoms with Gasteiger partial charge in [-0.25, -0.2) is 0 Å². The first-order valence-electron chi connectivity index (χ1n) is 3.92. The normalized spacial score (nSPS) is 13.0. The third-order valence-electron chi connectivity index (χ3n) is 1.72. The van der Waals surface area contributed by atoms with Crippen molar-refractivity contribution >= 4 is 0 Å². The van der Waals surface area contributed by atoms with Crippen LogP contribution in [0.25, 0.3) is 0 Å². The molecule has 1 N–H and O–H groups in total. The molecule has 1 heteroatoms. The third kappa shape index (κ3) is 4.57. The molecule has 59 valence electrons. The summed E-state index contributed by atoms with van der Waals surface area (Å²) in [6, 6.07) is 0.597. The molecule has 1 unspecified atom stereocenters. The van der Waals surface area contributed by atoms with Gasteiger partial charge in [0.15, 0.2) is 0 Å². The van der Waals surface area contributed by atoms with Crippen LogP contribution in [0.2, 0.25) is 0 Å². The summed E-state index contributed by atoms with van der Waals surface area (Å²) >= 11 is 0. The Hall–Kier alpha value is -0.300. The van der Waals surface area contributed by atoms with Gasteiger partial charge in [0.25, 0.3) is 0 Å². The summed E-state index contributed by atoms with van der Waals surface area (Å²) in [6.45, 7) is 7.52. The summed E-state index contributed by atoms with van der Waals surface area (Å²) in [6.07, 6.45) is 6.51. The van der Waals surface area contributed by atoms with Gasteiger partial charge in [-0.1, -0.05) is 13.0 Å². The number of hydrogen-bond acceptors (Lipinski definition) is 1. The molecule has 0 aliphatic heterocycles. The molecular formula is C9H18N. The summed E-state index contributed by atoms with van der Waals surface area (Å²) in [4.78, 5) is 0. The molecule has 0 amide bonds. The van der Waals surface area contributed by atoms with Crippen LogP contribution in [0.15, 0.2) is 12.7 Å². The van der Waals surface area contributed by atoms with E-state index in [1.165, 1.54) is 12.8 Å². The molecule has 0 aliphatic rings. The molecule has 0 aromatic rings. The van der Waals surface area contributed by atoms with Gasteiger partial charge in [-0.05, 0) is 32.7 Å². The van der Waals surface area contributed by atoms with E-state index in [0.717, 1.165) is 12.8 Å². The lowest BCUT2D eigenvalue weighted by molar-refractivity contribution is 0.510. The van der Waals surface area contributed by atoms with Crippen molar-refractivity contribution in [1.82, 2.24) is 5.32 Å². The van der Waals surface area contributed by atoms with Crippen LogP contribution in [0.5, 0.6) is 0 Å². The number of nitrogens with one attached hydrogen (secondary N) is 1. The number of unbranched alkanes of at least 4 members (excludes halogenated alkanes) is 1. The smallest absolute Gasteiger partial charge is 0.00641 e. The SMILES string of the molecule is [CH2]CC(CCCC=C)NC. The maximum absolute atomic E-state index is 3.85. The Labute approximate surface area is 64.5 Å². The highest BCUT2D eigenvalue weighted by atomic mass is 14.9. The second kappa shape index (κ2) is 6.81. The van der Waals surface area contributed by atoms with Crippen molar-refractivity contribution < 1.29 is 0 Å². The Balaban J connectivity index is 3.16. The summed E-state index contributed by atoms with van der Waals surface area (Å²) in [5.74, 6) is 0. The van der Waals surface area contributed by atoms with E-state index in [2.05, 4.69) is 18.8 Å². The second-order valence-electron chi connectivity index (χ2n) is 2.49. The van der Waals surface area contributed by atoms with Crippen molar-refractivity contribution in [3.8, 4) is 0 Å².